The predicted molar refractivity (Wildman–Crippen MR) is 51.6 cm³/mol. The van der Waals surface area contributed by atoms with Gasteiger partial charge in [0.25, 0.3) is 5.56 Å². The van der Waals surface area contributed by atoms with Crippen LogP contribution in [-0.4, -0.2) is 21.0 Å². The van der Waals surface area contributed by atoms with Gasteiger partial charge in [0.1, 0.15) is 4.83 Å². The Balaban J connectivity index is 2.87. The van der Waals surface area contributed by atoms with E-state index in [4.69, 9.17) is 10.8 Å². The van der Waals surface area contributed by atoms with Gasteiger partial charge in [0.2, 0.25) is 5.82 Å². The van der Waals surface area contributed by atoms with Gasteiger partial charge < -0.3 is 15.8 Å². The maximum absolute atomic E-state index is 11.4. The number of nitrogens with one attached hydrogen (secondary N) is 1. The van der Waals surface area contributed by atoms with Crippen molar-refractivity contribution in [3.63, 3.8) is 0 Å². The molecule has 0 fully saturated rings. The number of hydrogen-bond acceptors (Lipinski definition) is 5. The second-order valence-electron chi connectivity index (χ2n) is 2.59. The number of carboxylic acids is 1. The molecule has 0 aromatic carbocycles. The maximum Gasteiger partial charge on any atom is 0.372 e. The fraction of sp³-hybridized carbons (Fsp3) is 0. The van der Waals surface area contributed by atoms with Gasteiger partial charge in [-0.2, -0.15) is 0 Å². The van der Waals surface area contributed by atoms with Gasteiger partial charge in [-0.1, -0.05) is 0 Å². The van der Waals surface area contributed by atoms with Crippen LogP contribution in [0.15, 0.2) is 10.2 Å². The highest BCUT2D eigenvalue weighted by atomic mass is 32.1. The Labute approximate surface area is 81.0 Å². The average molecular weight is 211 g/mol. The van der Waals surface area contributed by atoms with Gasteiger partial charge in [-0.25, -0.2) is 9.78 Å². The molecule has 72 valence electrons. The van der Waals surface area contributed by atoms with E-state index in [1.165, 1.54) is 0 Å². The van der Waals surface area contributed by atoms with Crippen molar-refractivity contribution in [3.05, 3.63) is 21.6 Å². The molecule has 0 spiro atoms. The van der Waals surface area contributed by atoms with Crippen LogP contribution in [0.4, 0.5) is 5.69 Å². The molecule has 0 radical (unpaired) electrons. The zero-order valence-corrected chi connectivity index (χ0v) is 7.59. The van der Waals surface area contributed by atoms with E-state index in [-0.39, 0.29) is 11.2 Å². The number of aromatic nitrogens is 2. The summed E-state index contributed by atoms with van der Waals surface area (Å²) in [4.78, 5) is 28.1. The van der Waals surface area contributed by atoms with Gasteiger partial charge in [-0.15, -0.1) is 11.3 Å². The van der Waals surface area contributed by atoms with E-state index in [1.807, 2.05) is 0 Å². The van der Waals surface area contributed by atoms with Crippen LogP contribution in [0.25, 0.3) is 10.2 Å². The molecule has 0 bridgehead atoms. The van der Waals surface area contributed by atoms with Crippen molar-refractivity contribution in [2.45, 2.75) is 0 Å². The van der Waals surface area contributed by atoms with Crippen LogP contribution < -0.4 is 11.3 Å². The van der Waals surface area contributed by atoms with Crippen LogP contribution in [-0.2, 0) is 0 Å². The molecule has 2 aromatic heterocycles. The number of nitrogens with two attached hydrogens (primary N) is 1. The smallest absolute Gasteiger partial charge is 0.372 e. The molecule has 4 N–H and O–H groups in total. The van der Waals surface area contributed by atoms with E-state index >= 15 is 0 Å². The molecule has 0 saturated carbocycles. The lowest BCUT2D eigenvalue weighted by atomic mass is 10.3. The third-order valence-corrected chi connectivity index (χ3v) is 2.57. The van der Waals surface area contributed by atoms with Crippen LogP contribution in [0.2, 0.25) is 0 Å². The third-order valence-electron chi connectivity index (χ3n) is 1.67. The Bertz CT molecular complexity index is 571. The molecule has 2 rings (SSSR count). The first-order valence-electron chi connectivity index (χ1n) is 3.60. The number of nitrogens with zero attached hydrogens (tertiary/aromatic N) is 1. The number of aromatic amines is 1. The van der Waals surface area contributed by atoms with E-state index in [2.05, 4.69) is 9.97 Å². The molecule has 0 saturated heterocycles. The summed E-state index contributed by atoms with van der Waals surface area (Å²) in [6, 6.07) is 0. The standard InChI is InChI=1S/C7H5N3O3S/c8-2-1-14-6-3(2)5(11)9-4(10-6)7(12)13/h1H,8H2,(H,12,13)(H,9,10,11). The van der Waals surface area contributed by atoms with E-state index in [9.17, 15) is 9.59 Å². The Hall–Kier alpha value is -1.89. The first-order chi connectivity index (χ1) is 6.59. The summed E-state index contributed by atoms with van der Waals surface area (Å²) in [5.74, 6) is -1.64. The Morgan fingerprint density at radius 3 is 3.00 bits per heavy atom. The topological polar surface area (TPSA) is 109 Å². The summed E-state index contributed by atoms with van der Waals surface area (Å²) in [7, 11) is 0. The first kappa shape index (κ1) is 8.70. The van der Waals surface area contributed by atoms with E-state index in [1.54, 1.807) is 5.38 Å². The largest absolute Gasteiger partial charge is 0.475 e. The molecule has 0 aliphatic heterocycles. The number of carboxylic acid groups (broad SMARTS) is 1. The quantitative estimate of drug-likeness (QED) is 0.627. The van der Waals surface area contributed by atoms with Gasteiger partial charge >= 0.3 is 5.97 Å². The lowest BCUT2D eigenvalue weighted by molar-refractivity contribution is 0.0683. The SMILES string of the molecule is Nc1csc2nc(C(=O)O)[nH]c(=O)c12. The monoisotopic (exact) mass is 211 g/mol. The molecular formula is C7H5N3O3S. The second-order valence-corrected chi connectivity index (χ2v) is 3.45. The first-order valence-corrected chi connectivity index (χ1v) is 4.48. The van der Waals surface area contributed by atoms with Crippen LogP contribution in [0.5, 0.6) is 0 Å². The number of nitrogen functional groups attached to an aromatic ring is 1. The Morgan fingerprint density at radius 1 is 1.64 bits per heavy atom. The van der Waals surface area contributed by atoms with Crippen LogP contribution >= 0.6 is 11.3 Å². The summed E-state index contributed by atoms with van der Waals surface area (Å²) < 4.78 is 0. The van der Waals surface area contributed by atoms with Crippen molar-refractivity contribution >= 4 is 33.2 Å². The third kappa shape index (κ3) is 1.14. The Morgan fingerprint density at radius 2 is 2.36 bits per heavy atom. The molecule has 0 unspecified atom stereocenters. The van der Waals surface area contributed by atoms with Crippen LogP contribution in [0.1, 0.15) is 10.6 Å². The minimum absolute atomic E-state index is 0.250. The maximum atomic E-state index is 11.4. The number of fused-ring (bicyclic) bond motifs is 1. The van der Waals surface area contributed by atoms with Crippen molar-refractivity contribution in [1.82, 2.24) is 9.97 Å². The molecule has 0 atom stereocenters. The molecule has 2 heterocycles. The summed E-state index contributed by atoms with van der Waals surface area (Å²) >= 11 is 1.14. The molecule has 0 aliphatic carbocycles. The highest BCUT2D eigenvalue weighted by Gasteiger charge is 2.12. The molecule has 6 nitrogen and oxygen atoms in total. The van der Waals surface area contributed by atoms with Crippen LogP contribution in [0.3, 0.4) is 0 Å². The summed E-state index contributed by atoms with van der Waals surface area (Å²) in [5.41, 5.74) is 5.30. The molecule has 14 heavy (non-hydrogen) atoms. The number of rotatable bonds is 1. The summed E-state index contributed by atoms with van der Waals surface area (Å²) in [6.45, 7) is 0. The summed E-state index contributed by atoms with van der Waals surface area (Å²) in [5, 5.41) is 10.4. The lowest BCUT2D eigenvalue weighted by Crippen LogP contribution is -2.15. The van der Waals surface area contributed by atoms with Crippen molar-refractivity contribution < 1.29 is 9.90 Å². The fourth-order valence-electron chi connectivity index (χ4n) is 1.07. The summed E-state index contributed by atoms with van der Waals surface area (Å²) in [6.07, 6.45) is 0. The number of H-pyrrole nitrogens is 1. The van der Waals surface area contributed by atoms with Crippen molar-refractivity contribution in [1.29, 1.82) is 0 Å². The molecule has 7 heteroatoms. The second kappa shape index (κ2) is 2.81. The molecular weight excluding hydrogens is 206 g/mol. The number of carbonyl (C=O) groups is 1. The van der Waals surface area contributed by atoms with E-state index < -0.39 is 11.5 Å². The van der Waals surface area contributed by atoms with Crippen LogP contribution in [0, 0.1) is 0 Å². The van der Waals surface area contributed by atoms with Gasteiger partial charge in [-0.05, 0) is 0 Å². The van der Waals surface area contributed by atoms with Gasteiger partial charge in [-0.3, -0.25) is 4.79 Å². The Kier molecular flexibility index (Phi) is 1.74. The number of aromatic carboxylic acids is 1. The zero-order valence-electron chi connectivity index (χ0n) is 6.77. The highest BCUT2D eigenvalue weighted by Crippen LogP contribution is 2.22. The van der Waals surface area contributed by atoms with E-state index in [0.29, 0.717) is 10.5 Å². The van der Waals surface area contributed by atoms with Gasteiger partial charge in [0.15, 0.2) is 0 Å². The fourth-order valence-corrected chi connectivity index (χ4v) is 1.90. The molecule has 2 aromatic rings. The number of anilines is 1. The average Bonchev–Trinajstić information content (AvgIpc) is 2.48. The van der Waals surface area contributed by atoms with Crippen molar-refractivity contribution in [2.75, 3.05) is 5.73 Å². The lowest BCUT2D eigenvalue weighted by Gasteiger charge is -1.93. The van der Waals surface area contributed by atoms with Crippen molar-refractivity contribution in [3.8, 4) is 0 Å². The minimum Gasteiger partial charge on any atom is -0.475 e. The van der Waals surface area contributed by atoms with Crippen molar-refractivity contribution in [2.24, 2.45) is 0 Å². The van der Waals surface area contributed by atoms with Gasteiger partial charge in [0, 0.05) is 5.38 Å². The normalized spacial score (nSPS) is 10.6. The number of thiophene rings is 1. The van der Waals surface area contributed by atoms with Gasteiger partial charge in [0.05, 0.1) is 11.1 Å². The molecule has 0 amide bonds. The molecule has 0 aliphatic rings. The number of hydrogen-bond donors (Lipinski definition) is 3. The predicted octanol–water partition coefficient (Wildman–Crippen LogP) is 0.265. The highest BCUT2D eigenvalue weighted by molar-refractivity contribution is 7.17. The van der Waals surface area contributed by atoms with E-state index in [0.717, 1.165) is 11.3 Å². The minimum atomic E-state index is -1.27. The zero-order chi connectivity index (χ0) is 10.3.